The first kappa shape index (κ1) is 21.9. The smallest absolute Gasteiger partial charge is 0.123 e. The number of aliphatic hydroxyl groups is 2. The number of halogens is 1. The second-order valence-corrected chi connectivity index (χ2v) is 12.0. The van der Waals surface area contributed by atoms with Gasteiger partial charge in [-0.2, -0.15) is 0 Å². The lowest BCUT2D eigenvalue weighted by atomic mass is 9.44. The van der Waals surface area contributed by atoms with E-state index in [-0.39, 0.29) is 11.9 Å². The van der Waals surface area contributed by atoms with Crippen molar-refractivity contribution in [1.29, 1.82) is 0 Å². The van der Waals surface area contributed by atoms with E-state index in [9.17, 15) is 14.6 Å². The highest BCUT2D eigenvalue weighted by atomic mass is 19.1. The zero-order valence-electron chi connectivity index (χ0n) is 19.4. The molecule has 1 aromatic rings. The molecule has 0 heterocycles. The Morgan fingerprint density at radius 3 is 2.42 bits per heavy atom. The third kappa shape index (κ3) is 3.68. The Morgan fingerprint density at radius 1 is 0.935 bits per heavy atom. The van der Waals surface area contributed by atoms with Gasteiger partial charge in [-0.05, 0) is 129 Å². The fourth-order valence-electron chi connectivity index (χ4n) is 9.03. The zero-order chi connectivity index (χ0) is 21.8. The Labute approximate surface area is 187 Å². The molecule has 0 aromatic heterocycles. The third-order valence-corrected chi connectivity index (χ3v) is 10.9. The van der Waals surface area contributed by atoms with E-state index in [0.717, 1.165) is 54.9 Å². The second kappa shape index (κ2) is 8.13. The predicted octanol–water partition coefficient (Wildman–Crippen LogP) is 6.66. The summed E-state index contributed by atoms with van der Waals surface area (Å²) in [4.78, 5) is 0. The normalized spacial score (nSPS) is 45.5. The molecule has 4 saturated carbocycles. The van der Waals surface area contributed by atoms with E-state index in [0.29, 0.717) is 16.7 Å². The van der Waals surface area contributed by atoms with Crippen LogP contribution in [-0.2, 0) is 0 Å². The lowest BCUT2D eigenvalue weighted by molar-refractivity contribution is -0.127. The van der Waals surface area contributed by atoms with Gasteiger partial charge in [0.25, 0.3) is 0 Å². The maximum absolute atomic E-state index is 13.2. The van der Waals surface area contributed by atoms with Gasteiger partial charge >= 0.3 is 0 Å². The first-order valence-corrected chi connectivity index (χ1v) is 12.9. The molecule has 5 rings (SSSR count). The van der Waals surface area contributed by atoms with E-state index in [4.69, 9.17) is 0 Å². The number of hydrogen-bond acceptors (Lipinski definition) is 2. The molecule has 0 saturated heterocycles. The number of aliphatic hydroxyl groups excluding tert-OH is 2. The van der Waals surface area contributed by atoms with Gasteiger partial charge in [-0.15, -0.1) is 0 Å². The Bertz CT molecular complexity index is 778. The van der Waals surface area contributed by atoms with Crippen molar-refractivity contribution in [3.8, 4) is 0 Å². The summed E-state index contributed by atoms with van der Waals surface area (Å²) in [7, 11) is 0. The molecular weight excluding hydrogens is 387 g/mol. The van der Waals surface area contributed by atoms with Crippen molar-refractivity contribution in [2.75, 3.05) is 0 Å². The fourth-order valence-corrected chi connectivity index (χ4v) is 9.03. The monoisotopic (exact) mass is 428 g/mol. The standard InChI is InChI=1S/C28H41FO2/c1-27-16-14-25-23(10-5-20-17-22(30)13-15-28(20,25)2)24(27)11-6-19(27)7-12-26(31)18-3-8-21(29)9-4-18/h3-4,8-9,19-20,22-26,30-31H,5-7,10-17H2,1-2H3. The van der Waals surface area contributed by atoms with Gasteiger partial charge in [0.2, 0.25) is 0 Å². The van der Waals surface area contributed by atoms with Crippen LogP contribution in [0.2, 0.25) is 0 Å². The first-order chi connectivity index (χ1) is 14.8. The van der Waals surface area contributed by atoms with Crippen molar-refractivity contribution in [3.63, 3.8) is 0 Å². The van der Waals surface area contributed by atoms with Crippen molar-refractivity contribution < 1.29 is 14.6 Å². The van der Waals surface area contributed by atoms with Gasteiger partial charge in [0, 0.05) is 0 Å². The molecule has 31 heavy (non-hydrogen) atoms. The van der Waals surface area contributed by atoms with E-state index in [1.54, 1.807) is 12.1 Å². The van der Waals surface area contributed by atoms with Crippen molar-refractivity contribution in [2.24, 2.45) is 40.4 Å². The number of rotatable bonds is 4. The summed E-state index contributed by atoms with van der Waals surface area (Å²) in [5.41, 5.74) is 1.71. The molecule has 0 radical (unpaired) electrons. The summed E-state index contributed by atoms with van der Waals surface area (Å²) in [6, 6.07) is 6.36. The highest BCUT2D eigenvalue weighted by Crippen LogP contribution is 2.68. The number of benzene rings is 1. The van der Waals surface area contributed by atoms with E-state index in [2.05, 4.69) is 13.8 Å². The Morgan fingerprint density at radius 2 is 1.65 bits per heavy atom. The summed E-state index contributed by atoms with van der Waals surface area (Å²) in [6.07, 6.45) is 12.6. The topological polar surface area (TPSA) is 40.5 Å². The quantitative estimate of drug-likeness (QED) is 0.563. The van der Waals surface area contributed by atoms with Gasteiger partial charge in [-0.3, -0.25) is 0 Å². The van der Waals surface area contributed by atoms with Crippen molar-refractivity contribution in [1.82, 2.24) is 0 Å². The minimum Gasteiger partial charge on any atom is -0.393 e. The predicted molar refractivity (Wildman–Crippen MR) is 122 cm³/mol. The van der Waals surface area contributed by atoms with Crippen molar-refractivity contribution in [2.45, 2.75) is 96.7 Å². The maximum Gasteiger partial charge on any atom is 0.123 e. The van der Waals surface area contributed by atoms with Crippen LogP contribution in [-0.4, -0.2) is 16.3 Å². The largest absolute Gasteiger partial charge is 0.393 e. The van der Waals surface area contributed by atoms with E-state index in [1.165, 1.54) is 57.1 Å². The Kier molecular flexibility index (Phi) is 5.74. The van der Waals surface area contributed by atoms with Gasteiger partial charge in [0.05, 0.1) is 12.2 Å². The Hall–Kier alpha value is -0.930. The molecule has 0 aliphatic heterocycles. The average Bonchev–Trinajstić information content (AvgIpc) is 3.09. The number of hydrogen-bond donors (Lipinski definition) is 2. The average molecular weight is 429 g/mol. The summed E-state index contributed by atoms with van der Waals surface area (Å²) >= 11 is 0. The molecule has 172 valence electrons. The molecule has 4 aliphatic carbocycles. The van der Waals surface area contributed by atoms with Gasteiger partial charge in [0.15, 0.2) is 0 Å². The first-order valence-electron chi connectivity index (χ1n) is 12.9. The molecule has 3 heteroatoms. The Balaban J connectivity index is 1.26. The van der Waals surface area contributed by atoms with Crippen LogP contribution >= 0.6 is 0 Å². The molecule has 4 aliphatic rings. The molecule has 9 atom stereocenters. The highest BCUT2D eigenvalue weighted by Gasteiger charge is 2.59. The van der Waals surface area contributed by atoms with Crippen molar-refractivity contribution in [3.05, 3.63) is 35.6 Å². The molecular formula is C28H41FO2. The van der Waals surface area contributed by atoms with Crippen molar-refractivity contribution >= 4 is 0 Å². The van der Waals surface area contributed by atoms with Gasteiger partial charge < -0.3 is 10.2 Å². The molecule has 0 bridgehead atoms. The van der Waals surface area contributed by atoms with Crippen LogP contribution in [0.3, 0.4) is 0 Å². The third-order valence-electron chi connectivity index (χ3n) is 10.9. The van der Waals surface area contributed by atoms with Crippen LogP contribution in [0.25, 0.3) is 0 Å². The van der Waals surface area contributed by atoms with Crippen LogP contribution in [0, 0.1) is 46.2 Å². The molecule has 9 unspecified atom stereocenters. The van der Waals surface area contributed by atoms with Crippen LogP contribution < -0.4 is 0 Å². The highest BCUT2D eigenvalue weighted by molar-refractivity contribution is 5.18. The van der Waals surface area contributed by atoms with Gasteiger partial charge in [-0.25, -0.2) is 4.39 Å². The summed E-state index contributed by atoms with van der Waals surface area (Å²) in [5, 5.41) is 20.9. The molecule has 0 amide bonds. The molecule has 4 fully saturated rings. The molecule has 1 aromatic carbocycles. The zero-order valence-corrected chi connectivity index (χ0v) is 19.4. The lowest BCUT2D eigenvalue weighted by Gasteiger charge is -2.61. The fraction of sp³-hybridized carbons (Fsp3) is 0.786. The SMILES string of the molecule is CC12CCC3C(CCC4CC(O)CCC43C)C1CCC2CCC(O)c1ccc(F)cc1. The summed E-state index contributed by atoms with van der Waals surface area (Å²) in [5.74, 6) is 3.73. The maximum atomic E-state index is 13.2. The van der Waals surface area contributed by atoms with E-state index in [1.807, 2.05) is 0 Å². The molecule has 0 spiro atoms. The molecule has 2 N–H and O–H groups in total. The number of fused-ring (bicyclic) bond motifs is 5. The van der Waals surface area contributed by atoms with E-state index >= 15 is 0 Å². The van der Waals surface area contributed by atoms with Crippen LogP contribution in [0.5, 0.6) is 0 Å². The minimum atomic E-state index is -0.484. The van der Waals surface area contributed by atoms with Crippen LogP contribution in [0.4, 0.5) is 4.39 Å². The van der Waals surface area contributed by atoms with Gasteiger partial charge in [-0.1, -0.05) is 26.0 Å². The molecule has 2 nitrogen and oxygen atoms in total. The van der Waals surface area contributed by atoms with E-state index < -0.39 is 6.10 Å². The minimum absolute atomic E-state index is 0.0631. The van der Waals surface area contributed by atoms with Crippen LogP contribution in [0.15, 0.2) is 24.3 Å². The summed E-state index contributed by atoms with van der Waals surface area (Å²) < 4.78 is 13.2. The van der Waals surface area contributed by atoms with Gasteiger partial charge in [0.1, 0.15) is 5.82 Å². The van der Waals surface area contributed by atoms with Crippen LogP contribution in [0.1, 0.15) is 96.1 Å². The summed E-state index contributed by atoms with van der Waals surface area (Å²) in [6.45, 7) is 5.13. The second-order valence-electron chi connectivity index (χ2n) is 12.0. The lowest BCUT2D eigenvalue weighted by Crippen LogP contribution is -2.53.